The smallest absolute Gasteiger partial charge is 0.171 e. The molecule has 1 aliphatic rings. The fourth-order valence-electron chi connectivity index (χ4n) is 2.13. The first-order valence-electron chi connectivity index (χ1n) is 4.98. The van der Waals surface area contributed by atoms with E-state index >= 15 is 0 Å². The Hall–Kier alpha value is -0.210. The van der Waals surface area contributed by atoms with Gasteiger partial charge in [-0.05, 0) is 24.7 Å². The van der Waals surface area contributed by atoms with Crippen molar-refractivity contribution in [3.8, 4) is 0 Å². The third-order valence-electron chi connectivity index (χ3n) is 3.12. The number of hydrogen-bond acceptors (Lipinski definition) is 0. The molecule has 0 aromatic carbocycles. The van der Waals surface area contributed by atoms with Crippen molar-refractivity contribution < 1.29 is 13.2 Å². The molecule has 0 spiro atoms. The summed E-state index contributed by atoms with van der Waals surface area (Å²) >= 11 is 0. The molecule has 0 heterocycles. The van der Waals surface area contributed by atoms with Crippen LogP contribution in [-0.2, 0) is 0 Å². The lowest BCUT2D eigenvalue weighted by Crippen LogP contribution is -2.30. The second-order valence-corrected chi connectivity index (χ2v) is 4.41. The Labute approximate surface area is 77.5 Å². The first-order chi connectivity index (χ1) is 5.91. The molecule has 0 saturated heterocycles. The van der Waals surface area contributed by atoms with Gasteiger partial charge in [0.25, 0.3) is 0 Å². The van der Waals surface area contributed by atoms with Gasteiger partial charge in [0.05, 0.1) is 5.92 Å². The Morgan fingerprint density at radius 3 is 2.23 bits per heavy atom. The normalized spacial score (nSPS) is 30.9. The van der Waals surface area contributed by atoms with Gasteiger partial charge >= 0.3 is 6.18 Å². The van der Waals surface area contributed by atoms with Gasteiger partial charge in [0.2, 0.25) is 0 Å². The van der Waals surface area contributed by atoms with E-state index in [1.165, 1.54) is 0 Å². The van der Waals surface area contributed by atoms with Crippen molar-refractivity contribution in [3.63, 3.8) is 0 Å². The monoisotopic (exact) mass is 194 g/mol. The van der Waals surface area contributed by atoms with Crippen molar-refractivity contribution in [3.05, 3.63) is 0 Å². The predicted octanol–water partition coefficient (Wildman–Crippen LogP) is 4.01. The van der Waals surface area contributed by atoms with Gasteiger partial charge in [-0.25, -0.2) is 0 Å². The van der Waals surface area contributed by atoms with Crippen LogP contribution < -0.4 is 0 Å². The summed E-state index contributed by atoms with van der Waals surface area (Å²) in [7, 11) is 0. The first kappa shape index (κ1) is 10.9. The summed E-state index contributed by atoms with van der Waals surface area (Å²) in [5, 5.41) is 0. The standard InChI is InChI=1S/C10H17F3/c1-7(2)8-4-3-5-9(6-8)10(11,12)13/h7-9H,3-6H2,1-2H3. The predicted molar refractivity (Wildman–Crippen MR) is 46.3 cm³/mol. The van der Waals surface area contributed by atoms with E-state index in [9.17, 15) is 13.2 Å². The average Bonchev–Trinajstić information content (AvgIpc) is 2.03. The summed E-state index contributed by atoms with van der Waals surface area (Å²) in [6.45, 7) is 4.03. The molecule has 2 unspecified atom stereocenters. The Morgan fingerprint density at radius 2 is 1.77 bits per heavy atom. The fourth-order valence-corrected chi connectivity index (χ4v) is 2.13. The minimum absolute atomic E-state index is 0.278. The van der Waals surface area contributed by atoms with E-state index in [1.54, 1.807) is 0 Å². The lowest BCUT2D eigenvalue weighted by Gasteiger charge is -2.32. The van der Waals surface area contributed by atoms with Crippen molar-refractivity contribution >= 4 is 0 Å². The quantitative estimate of drug-likeness (QED) is 0.591. The third-order valence-corrected chi connectivity index (χ3v) is 3.12. The molecule has 1 rings (SSSR count). The van der Waals surface area contributed by atoms with E-state index < -0.39 is 12.1 Å². The van der Waals surface area contributed by atoms with Crippen LogP contribution in [-0.4, -0.2) is 6.18 Å². The van der Waals surface area contributed by atoms with Crippen LogP contribution in [0.5, 0.6) is 0 Å². The van der Waals surface area contributed by atoms with Gasteiger partial charge in [0.15, 0.2) is 0 Å². The lowest BCUT2D eigenvalue weighted by molar-refractivity contribution is -0.186. The maximum Gasteiger partial charge on any atom is 0.391 e. The summed E-state index contributed by atoms with van der Waals surface area (Å²) in [6.07, 6.45) is -1.56. The maximum absolute atomic E-state index is 12.4. The van der Waals surface area contributed by atoms with E-state index in [4.69, 9.17) is 0 Å². The number of rotatable bonds is 1. The van der Waals surface area contributed by atoms with Crippen molar-refractivity contribution in [1.82, 2.24) is 0 Å². The molecule has 0 bridgehead atoms. The summed E-state index contributed by atoms with van der Waals surface area (Å²) in [5.74, 6) is -0.362. The summed E-state index contributed by atoms with van der Waals surface area (Å²) in [4.78, 5) is 0. The SMILES string of the molecule is CC(C)C1CCCC(C(F)(F)F)C1. The number of hydrogen-bond donors (Lipinski definition) is 0. The van der Waals surface area contributed by atoms with Gasteiger partial charge in [-0.15, -0.1) is 0 Å². The first-order valence-corrected chi connectivity index (χ1v) is 4.98. The van der Waals surface area contributed by atoms with Crippen molar-refractivity contribution in [1.29, 1.82) is 0 Å². The zero-order valence-electron chi connectivity index (χ0n) is 8.19. The van der Waals surface area contributed by atoms with Crippen LogP contribution in [0.3, 0.4) is 0 Å². The lowest BCUT2D eigenvalue weighted by atomic mass is 9.76. The van der Waals surface area contributed by atoms with Crippen LogP contribution in [0.4, 0.5) is 13.2 Å². The van der Waals surface area contributed by atoms with Crippen LogP contribution in [0.1, 0.15) is 39.5 Å². The minimum Gasteiger partial charge on any atom is -0.171 e. The molecule has 3 heteroatoms. The fraction of sp³-hybridized carbons (Fsp3) is 1.00. The molecule has 2 atom stereocenters. The summed E-state index contributed by atoms with van der Waals surface area (Å²) in [5.41, 5.74) is 0. The second kappa shape index (κ2) is 3.89. The maximum atomic E-state index is 12.4. The van der Waals surface area contributed by atoms with Gasteiger partial charge in [-0.1, -0.05) is 26.7 Å². The Morgan fingerprint density at radius 1 is 1.15 bits per heavy atom. The average molecular weight is 194 g/mol. The third kappa shape index (κ3) is 2.89. The molecule has 78 valence electrons. The largest absolute Gasteiger partial charge is 0.391 e. The van der Waals surface area contributed by atoms with E-state index in [1.807, 2.05) is 13.8 Å². The zero-order chi connectivity index (χ0) is 10.1. The van der Waals surface area contributed by atoms with Gasteiger partial charge < -0.3 is 0 Å². The van der Waals surface area contributed by atoms with Gasteiger partial charge in [0.1, 0.15) is 0 Å². The van der Waals surface area contributed by atoms with Gasteiger partial charge in [-0.2, -0.15) is 13.2 Å². The van der Waals surface area contributed by atoms with Gasteiger partial charge in [0, 0.05) is 0 Å². The summed E-state index contributed by atoms with van der Waals surface area (Å²) < 4.78 is 37.1. The molecular formula is C10H17F3. The zero-order valence-corrected chi connectivity index (χ0v) is 8.19. The van der Waals surface area contributed by atoms with Crippen LogP contribution in [0, 0.1) is 17.8 Å². The molecule has 0 aliphatic heterocycles. The molecule has 0 amide bonds. The topological polar surface area (TPSA) is 0 Å². The van der Waals surface area contributed by atoms with Crippen LogP contribution in [0.2, 0.25) is 0 Å². The highest BCUT2D eigenvalue weighted by Gasteiger charge is 2.42. The molecule has 0 N–H and O–H groups in total. The van der Waals surface area contributed by atoms with Crippen LogP contribution in [0.15, 0.2) is 0 Å². The number of alkyl halides is 3. The van der Waals surface area contributed by atoms with Crippen LogP contribution in [0.25, 0.3) is 0 Å². The van der Waals surface area contributed by atoms with Crippen molar-refractivity contribution in [2.45, 2.75) is 45.7 Å². The highest BCUT2D eigenvalue weighted by atomic mass is 19.4. The van der Waals surface area contributed by atoms with Crippen LogP contribution >= 0.6 is 0 Å². The number of halogens is 3. The molecular weight excluding hydrogens is 177 g/mol. The molecule has 13 heavy (non-hydrogen) atoms. The highest BCUT2D eigenvalue weighted by molar-refractivity contribution is 4.79. The van der Waals surface area contributed by atoms with E-state index in [-0.39, 0.29) is 5.92 Å². The van der Waals surface area contributed by atoms with E-state index in [0.717, 1.165) is 12.8 Å². The molecule has 0 radical (unpaired) electrons. The van der Waals surface area contributed by atoms with Gasteiger partial charge in [-0.3, -0.25) is 0 Å². The summed E-state index contributed by atoms with van der Waals surface area (Å²) in [6, 6.07) is 0. The molecule has 1 aliphatic carbocycles. The minimum atomic E-state index is -3.96. The molecule has 0 aromatic rings. The molecule has 0 aromatic heterocycles. The highest BCUT2D eigenvalue weighted by Crippen LogP contribution is 2.41. The second-order valence-electron chi connectivity index (χ2n) is 4.41. The molecule has 1 fully saturated rings. The molecule has 0 nitrogen and oxygen atoms in total. The van der Waals surface area contributed by atoms with Crippen molar-refractivity contribution in [2.24, 2.45) is 17.8 Å². The van der Waals surface area contributed by atoms with E-state index in [2.05, 4.69) is 0 Å². The Bertz CT molecular complexity index is 160. The molecule has 1 saturated carbocycles. The van der Waals surface area contributed by atoms with E-state index in [0.29, 0.717) is 18.8 Å². The Balaban J connectivity index is 2.52. The Kier molecular flexibility index (Phi) is 3.25. The van der Waals surface area contributed by atoms with Crippen molar-refractivity contribution in [2.75, 3.05) is 0 Å².